The number of aliphatic hydroxyl groups excluding tert-OH is 1. The maximum absolute atomic E-state index is 14.8. The summed E-state index contributed by atoms with van der Waals surface area (Å²) in [4.78, 5) is 15.9. The lowest BCUT2D eigenvalue weighted by molar-refractivity contribution is -0.0929. The molecule has 1 unspecified atom stereocenters. The zero-order valence-corrected chi connectivity index (χ0v) is 21.1. The highest BCUT2D eigenvalue weighted by Crippen LogP contribution is 2.33. The average Bonchev–Trinajstić information content (AvgIpc) is 3.55. The summed E-state index contributed by atoms with van der Waals surface area (Å²) in [5.74, 6) is -6.22. The maximum atomic E-state index is 14.8. The van der Waals surface area contributed by atoms with Gasteiger partial charge in [0.25, 0.3) is 0 Å². The first kappa shape index (κ1) is 28.2. The Kier molecular flexibility index (Phi) is 8.95. The third-order valence-corrected chi connectivity index (χ3v) is 6.65. The summed E-state index contributed by atoms with van der Waals surface area (Å²) in [6, 6.07) is 14.8. The van der Waals surface area contributed by atoms with E-state index < -0.39 is 42.9 Å². The summed E-state index contributed by atoms with van der Waals surface area (Å²) >= 11 is 0. The molecule has 0 radical (unpaired) electrons. The molecule has 12 heteroatoms. The lowest BCUT2D eigenvalue weighted by atomic mass is 10.0. The number of rotatable bonds is 13. The zero-order valence-electron chi connectivity index (χ0n) is 21.1. The van der Waals surface area contributed by atoms with E-state index in [9.17, 15) is 27.5 Å². The first-order valence-corrected chi connectivity index (χ1v) is 12.7. The van der Waals surface area contributed by atoms with Gasteiger partial charge in [-0.2, -0.15) is 8.78 Å². The van der Waals surface area contributed by atoms with Crippen molar-refractivity contribution >= 4 is 6.03 Å². The van der Waals surface area contributed by atoms with Gasteiger partial charge in [0.1, 0.15) is 11.9 Å². The Hall–Kier alpha value is -3.80. The summed E-state index contributed by atoms with van der Waals surface area (Å²) in [6.07, 6.45) is -0.539. The van der Waals surface area contributed by atoms with Crippen molar-refractivity contribution < 1.29 is 27.5 Å². The van der Waals surface area contributed by atoms with E-state index in [2.05, 4.69) is 20.6 Å². The van der Waals surface area contributed by atoms with Crippen LogP contribution in [0.1, 0.15) is 36.2 Å². The number of aromatic amines is 1. The molecule has 2 amide bonds. The topological polar surface area (TPSA) is 98.2 Å². The van der Waals surface area contributed by atoms with Crippen molar-refractivity contribution in [1.29, 1.82) is 0 Å². The quantitative estimate of drug-likeness (QED) is 0.242. The van der Waals surface area contributed by atoms with Gasteiger partial charge in [-0.1, -0.05) is 72.8 Å². The molecule has 208 valence electrons. The third-order valence-electron chi connectivity index (χ3n) is 6.65. The van der Waals surface area contributed by atoms with Crippen molar-refractivity contribution in [1.82, 2.24) is 30.4 Å². The van der Waals surface area contributed by atoms with E-state index in [1.807, 2.05) is 30.3 Å². The van der Waals surface area contributed by atoms with E-state index in [0.29, 0.717) is 5.82 Å². The summed E-state index contributed by atoms with van der Waals surface area (Å²) in [6.45, 7) is 0.0734. The van der Waals surface area contributed by atoms with Gasteiger partial charge in [0.15, 0.2) is 0 Å². The number of alkyl halides is 4. The first-order chi connectivity index (χ1) is 18.7. The number of halogens is 4. The maximum Gasteiger partial charge on any atom is 0.320 e. The highest BCUT2D eigenvalue weighted by atomic mass is 19.3. The fourth-order valence-electron chi connectivity index (χ4n) is 4.48. The zero-order chi connectivity index (χ0) is 27.9. The SMILES string of the molecule is O=C1N(Cc2ccccc2)C[C@H](/C=C/C(O)C(F)(F)c2ccccc2)N1CCC(F)(F)CCCc1nnn[nH]1. The van der Waals surface area contributed by atoms with Crippen LogP contribution in [0.2, 0.25) is 0 Å². The Morgan fingerprint density at radius 3 is 2.41 bits per heavy atom. The monoisotopic (exact) mass is 546 g/mol. The minimum Gasteiger partial charge on any atom is -0.382 e. The number of aromatic nitrogens is 4. The normalized spacial score (nSPS) is 17.4. The van der Waals surface area contributed by atoms with Crippen molar-refractivity contribution in [2.75, 3.05) is 13.1 Å². The minimum absolute atomic E-state index is 0.109. The number of carbonyl (C=O) groups is 1. The fraction of sp³-hybridized carbons (Fsp3) is 0.407. The second kappa shape index (κ2) is 12.4. The lowest BCUT2D eigenvalue weighted by Crippen LogP contribution is -2.38. The predicted molar refractivity (Wildman–Crippen MR) is 135 cm³/mol. The number of tetrazole rings is 1. The Bertz CT molecular complexity index is 1210. The van der Waals surface area contributed by atoms with Gasteiger partial charge in [-0.05, 0) is 22.4 Å². The number of hydrogen-bond acceptors (Lipinski definition) is 5. The van der Waals surface area contributed by atoms with Crippen LogP contribution in [0.3, 0.4) is 0 Å². The molecule has 2 N–H and O–H groups in total. The molecule has 39 heavy (non-hydrogen) atoms. The smallest absolute Gasteiger partial charge is 0.320 e. The molecule has 1 fully saturated rings. The Balaban J connectivity index is 1.44. The van der Waals surface area contributed by atoms with E-state index in [1.54, 1.807) is 6.07 Å². The molecule has 0 spiro atoms. The van der Waals surface area contributed by atoms with Gasteiger partial charge in [-0.25, -0.2) is 18.7 Å². The van der Waals surface area contributed by atoms with Crippen LogP contribution in [-0.2, 0) is 18.9 Å². The van der Waals surface area contributed by atoms with E-state index in [0.717, 1.165) is 11.6 Å². The number of H-pyrrole nitrogens is 1. The van der Waals surface area contributed by atoms with Crippen LogP contribution in [0.5, 0.6) is 0 Å². The van der Waals surface area contributed by atoms with Crippen LogP contribution in [-0.4, -0.2) is 72.7 Å². The standard InChI is InChI=1S/C27H30F4N6O2/c28-26(29,15-7-12-24-32-34-35-33-24)16-17-37-22(19-36(25(37)39)18-20-8-3-1-4-9-20)13-14-23(38)27(30,31)21-10-5-2-6-11-21/h1-6,8-11,13-14,22-23,38H,7,12,15-19H2,(H,32,33,34,35)/b14-13+/t22-,23?/m0/s1. The largest absolute Gasteiger partial charge is 0.382 e. The fourth-order valence-corrected chi connectivity index (χ4v) is 4.48. The molecule has 2 aromatic carbocycles. The van der Waals surface area contributed by atoms with Crippen LogP contribution >= 0.6 is 0 Å². The number of aliphatic hydroxyl groups is 1. The Morgan fingerprint density at radius 2 is 1.74 bits per heavy atom. The molecule has 1 aliphatic heterocycles. The highest BCUT2D eigenvalue weighted by molar-refractivity contribution is 5.77. The van der Waals surface area contributed by atoms with Gasteiger partial charge >= 0.3 is 12.0 Å². The van der Waals surface area contributed by atoms with Crippen LogP contribution in [0.25, 0.3) is 0 Å². The number of nitrogens with zero attached hydrogens (tertiary/aromatic N) is 5. The molecule has 0 aliphatic carbocycles. The Morgan fingerprint density at radius 1 is 1.05 bits per heavy atom. The number of nitrogens with one attached hydrogen (secondary N) is 1. The van der Waals surface area contributed by atoms with Gasteiger partial charge < -0.3 is 14.9 Å². The molecule has 1 aromatic heterocycles. The number of urea groups is 1. The first-order valence-electron chi connectivity index (χ1n) is 12.7. The number of benzene rings is 2. The summed E-state index contributed by atoms with van der Waals surface area (Å²) < 4.78 is 58.9. The van der Waals surface area contributed by atoms with Crippen LogP contribution in [0.4, 0.5) is 22.4 Å². The van der Waals surface area contributed by atoms with Crippen molar-refractivity contribution in [3.8, 4) is 0 Å². The van der Waals surface area contributed by atoms with E-state index in [1.165, 1.54) is 40.1 Å². The summed E-state index contributed by atoms with van der Waals surface area (Å²) in [5.41, 5.74) is 0.492. The molecular weight excluding hydrogens is 516 g/mol. The summed E-state index contributed by atoms with van der Waals surface area (Å²) in [5, 5.41) is 23.3. The second-order valence-electron chi connectivity index (χ2n) is 9.54. The van der Waals surface area contributed by atoms with Crippen LogP contribution in [0, 0.1) is 0 Å². The predicted octanol–water partition coefficient (Wildman–Crippen LogP) is 4.56. The third kappa shape index (κ3) is 7.41. The number of amides is 2. The summed E-state index contributed by atoms with van der Waals surface area (Å²) in [7, 11) is 0. The molecule has 0 saturated carbocycles. The molecule has 2 heterocycles. The molecule has 4 rings (SSSR count). The molecule has 2 atom stereocenters. The molecule has 1 saturated heterocycles. The van der Waals surface area contributed by atoms with Gasteiger partial charge in [-0.15, -0.1) is 5.10 Å². The van der Waals surface area contributed by atoms with Gasteiger partial charge in [-0.3, -0.25) is 0 Å². The van der Waals surface area contributed by atoms with E-state index >= 15 is 0 Å². The number of aryl methyl sites for hydroxylation is 1. The van der Waals surface area contributed by atoms with Crippen molar-refractivity contribution in [2.45, 2.75) is 56.2 Å². The molecule has 0 bridgehead atoms. The Labute approximate surface area is 223 Å². The number of hydrogen-bond donors (Lipinski definition) is 2. The lowest BCUT2D eigenvalue weighted by Gasteiger charge is -2.25. The van der Waals surface area contributed by atoms with Crippen molar-refractivity contribution in [2.24, 2.45) is 0 Å². The second-order valence-corrected chi connectivity index (χ2v) is 9.54. The average molecular weight is 547 g/mol. The molecule has 1 aliphatic rings. The molecular formula is C27H30F4N6O2. The van der Waals surface area contributed by atoms with Gasteiger partial charge in [0.05, 0.1) is 6.04 Å². The van der Waals surface area contributed by atoms with Crippen LogP contribution < -0.4 is 0 Å². The van der Waals surface area contributed by atoms with Crippen LogP contribution in [0.15, 0.2) is 72.8 Å². The van der Waals surface area contributed by atoms with Gasteiger partial charge in [0, 0.05) is 44.5 Å². The highest BCUT2D eigenvalue weighted by Gasteiger charge is 2.41. The van der Waals surface area contributed by atoms with E-state index in [4.69, 9.17) is 0 Å². The van der Waals surface area contributed by atoms with Crippen molar-refractivity contribution in [3.63, 3.8) is 0 Å². The molecule has 8 nitrogen and oxygen atoms in total. The molecule has 3 aromatic rings. The van der Waals surface area contributed by atoms with E-state index in [-0.39, 0.29) is 38.0 Å². The van der Waals surface area contributed by atoms with Gasteiger partial charge in [0.2, 0.25) is 5.92 Å². The van der Waals surface area contributed by atoms with Crippen molar-refractivity contribution in [3.05, 3.63) is 89.8 Å². The minimum atomic E-state index is -3.57. The number of carbonyl (C=O) groups excluding carboxylic acids is 1.